The fourth-order valence-corrected chi connectivity index (χ4v) is 3.56. The lowest BCUT2D eigenvalue weighted by atomic mass is 10.1. The molecule has 1 aromatic heterocycles. The highest BCUT2D eigenvalue weighted by Crippen LogP contribution is 2.48. The number of aromatic nitrogens is 2. The van der Waals surface area contributed by atoms with Crippen molar-refractivity contribution in [3.8, 4) is 5.88 Å². The van der Waals surface area contributed by atoms with Gasteiger partial charge in [-0.2, -0.15) is 4.98 Å². The Morgan fingerprint density at radius 2 is 1.93 bits per heavy atom. The monoisotopic (exact) mass is 374 g/mol. The number of hydrogen-bond acceptors (Lipinski definition) is 5. The third kappa shape index (κ3) is 3.56. The number of anilines is 1. The van der Waals surface area contributed by atoms with Crippen molar-refractivity contribution in [3.05, 3.63) is 47.8 Å². The van der Waals surface area contributed by atoms with Crippen molar-refractivity contribution in [1.82, 2.24) is 14.9 Å². The minimum Gasteiger partial charge on any atom is -0.480 e. The van der Waals surface area contributed by atoms with E-state index in [0.717, 1.165) is 11.9 Å². The van der Waals surface area contributed by atoms with Gasteiger partial charge >= 0.3 is 0 Å². The molecule has 2 aliphatic rings. The minimum atomic E-state index is -0.862. The summed E-state index contributed by atoms with van der Waals surface area (Å²) in [6.45, 7) is 2.52. The molecule has 1 aliphatic carbocycles. The van der Waals surface area contributed by atoms with Crippen LogP contribution in [0, 0.1) is 17.6 Å². The van der Waals surface area contributed by atoms with Gasteiger partial charge in [0.25, 0.3) is 0 Å². The molecule has 27 heavy (non-hydrogen) atoms. The number of halogens is 2. The van der Waals surface area contributed by atoms with Gasteiger partial charge < -0.3 is 14.5 Å². The molecule has 2 atom stereocenters. The summed E-state index contributed by atoms with van der Waals surface area (Å²) in [4.78, 5) is 25.1. The van der Waals surface area contributed by atoms with Gasteiger partial charge in [-0.05, 0) is 30.0 Å². The molecule has 1 aromatic carbocycles. The minimum absolute atomic E-state index is 0.0186. The highest BCUT2D eigenvalue weighted by atomic mass is 19.2. The number of amides is 1. The molecule has 6 nitrogen and oxygen atoms in total. The average Bonchev–Trinajstić information content (AvgIpc) is 3.50. The van der Waals surface area contributed by atoms with Gasteiger partial charge in [-0.15, -0.1) is 0 Å². The van der Waals surface area contributed by atoms with E-state index in [1.807, 2.05) is 4.90 Å². The van der Waals surface area contributed by atoms with Crippen LogP contribution in [0.2, 0.25) is 0 Å². The smallest absolute Gasteiger partial charge is 0.233 e. The van der Waals surface area contributed by atoms with E-state index in [1.54, 1.807) is 25.6 Å². The zero-order valence-electron chi connectivity index (χ0n) is 14.9. The van der Waals surface area contributed by atoms with Crippen molar-refractivity contribution in [3.63, 3.8) is 0 Å². The lowest BCUT2D eigenvalue weighted by Crippen LogP contribution is -2.49. The first-order valence-corrected chi connectivity index (χ1v) is 8.91. The molecule has 2 heterocycles. The predicted molar refractivity (Wildman–Crippen MR) is 94.6 cm³/mol. The van der Waals surface area contributed by atoms with Crippen LogP contribution in [0.15, 0.2) is 30.6 Å². The van der Waals surface area contributed by atoms with Crippen LogP contribution < -0.4 is 9.64 Å². The number of ether oxygens (including phenoxy) is 1. The summed E-state index contributed by atoms with van der Waals surface area (Å²) in [5, 5.41) is 0. The summed E-state index contributed by atoms with van der Waals surface area (Å²) in [5.41, 5.74) is 0.692. The van der Waals surface area contributed by atoms with Crippen LogP contribution >= 0.6 is 0 Å². The lowest BCUT2D eigenvalue weighted by Gasteiger charge is -2.35. The van der Waals surface area contributed by atoms with E-state index in [1.165, 1.54) is 6.07 Å². The van der Waals surface area contributed by atoms with Crippen molar-refractivity contribution in [1.29, 1.82) is 0 Å². The summed E-state index contributed by atoms with van der Waals surface area (Å²) in [7, 11) is 1.55. The van der Waals surface area contributed by atoms with E-state index in [9.17, 15) is 13.6 Å². The summed E-state index contributed by atoms with van der Waals surface area (Å²) in [5.74, 6) is -0.613. The molecule has 1 aliphatic heterocycles. The van der Waals surface area contributed by atoms with E-state index in [2.05, 4.69) is 14.9 Å². The standard InChI is InChI=1S/C19H20F2N4O2/c1-27-18-11-22-10-17(23-18)24-4-6-25(7-5-24)19(26)14-9-13(14)12-2-3-15(20)16(21)8-12/h2-3,8,10-11,13-14H,4-7,9H2,1H3. The molecule has 2 unspecified atom stereocenters. The average molecular weight is 374 g/mol. The van der Waals surface area contributed by atoms with Gasteiger partial charge in [-0.3, -0.25) is 9.78 Å². The van der Waals surface area contributed by atoms with Gasteiger partial charge in [0.05, 0.1) is 19.5 Å². The normalized spacial score (nSPS) is 21.9. The Kier molecular flexibility index (Phi) is 4.63. The van der Waals surface area contributed by atoms with Crippen molar-refractivity contribution in [2.45, 2.75) is 12.3 Å². The first-order chi connectivity index (χ1) is 13.1. The number of nitrogens with zero attached hydrogens (tertiary/aromatic N) is 4. The molecule has 142 valence electrons. The molecule has 0 spiro atoms. The highest BCUT2D eigenvalue weighted by Gasteiger charge is 2.46. The van der Waals surface area contributed by atoms with Crippen LogP contribution in [0.4, 0.5) is 14.6 Å². The van der Waals surface area contributed by atoms with Crippen LogP contribution in [0.1, 0.15) is 17.9 Å². The zero-order chi connectivity index (χ0) is 19.0. The molecule has 4 rings (SSSR count). The van der Waals surface area contributed by atoms with Gasteiger partial charge in [0, 0.05) is 32.1 Å². The van der Waals surface area contributed by atoms with Crippen molar-refractivity contribution >= 4 is 11.7 Å². The van der Waals surface area contributed by atoms with E-state index in [0.29, 0.717) is 44.0 Å². The molecule has 0 N–H and O–H groups in total. The van der Waals surface area contributed by atoms with E-state index in [4.69, 9.17) is 4.74 Å². The maximum absolute atomic E-state index is 13.4. The number of rotatable bonds is 4. The summed E-state index contributed by atoms with van der Waals surface area (Å²) in [6, 6.07) is 3.89. The predicted octanol–water partition coefficient (Wildman–Crippen LogP) is 2.22. The number of hydrogen-bond donors (Lipinski definition) is 0. The summed E-state index contributed by atoms with van der Waals surface area (Å²) >= 11 is 0. The Labute approximate surface area is 155 Å². The molecule has 2 fully saturated rings. The van der Waals surface area contributed by atoms with Gasteiger partial charge in [-0.25, -0.2) is 8.78 Å². The molecule has 1 saturated carbocycles. The first kappa shape index (κ1) is 17.6. The van der Waals surface area contributed by atoms with E-state index >= 15 is 0 Å². The second-order valence-corrected chi connectivity index (χ2v) is 6.85. The van der Waals surface area contributed by atoms with Crippen molar-refractivity contribution in [2.75, 3.05) is 38.2 Å². The first-order valence-electron chi connectivity index (χ1n) is 8.91. The van der Waals surface area contributed by atoms with Gasteiger partial charge in [0.15, 0.2) is 17.5 Å². The topological polar surface area (TPSA) is 58.6 Å². The number of piperazine rings is 1. The molecule has 0 bridgehead atoms. The van der Waals surface area contributed by atoms with Gasteiger partial charge in [0.2, 0.25) is 11.8 Å². The molecular formula is C19H20F2N4O2. The molecule has 8 heteroatoms. The summed E-state index contributed by atoms with van der Waals surface area (Å²) in [6.07, 6.45) is 3.92. The van der Waals surface area contributed by atoms with Crippen LogP contribution in [0.25, 0.3) is 0 Å². The molecule has 0 radical (unpaired) electrons. The zero-order valence-corrected chi connectivity index (χ0v) is 14.9. The number of carbonyl (C=O) groups excluding carboxylic acids is 1. The van der Waals surface area contributed by atoms with Crippen molar-refractivity contribution < 1.29 is 18.3 Å². The molecular weight excluding hydrogens is 354 g/mol. The van der Waals surface area contributed by atoms with Gasteiger partial charge in [-0.1, -0.05) is 6.07 Å². The number of methoxy groups -OCH3 is 1. The van der Waals surface area contributed by atoms with Crippen LogP contribution in [0.5, 0.6) is 5.88 Å². The Bertz CT molecular complexity index is 855. The number of benzene rings is 1. The Morgan fingerprint density at radius 3 is 2.63 bits per heavy atom. The van der Waals surface area contributed by atoms with E-state index < -0.39 is 11.6 Å². The van der Waals surface area contributed by atoms with Crippen LogP contribution in [-0.4, -0.2) is 54.1 Å². The van der Waals surface area contributed by atoms with Gasteiger partial charge in [0.1, 0.15) is 0 Å². The molecule has 1 amide bonds. The largest absolute Gasteiger partial charge is 0.480 e. The highest BCUT2D eigenvalue weighted by molar-refractivity contribution is 5.83. The van der Waals surface area contributed by atoms with E-state index in [-0.39, 0.29) is 17.7 Å². The third-order valence-electron chi connectivity index (χ3n) is 5.20. The SMILES string of the molecule is COc1cncc(N2CCN(C(=O)C3CC3c3ccc(F)c(F)c3)CC2)n1. The third-order valence-corrected chi connectivity index (χ3v) is 5.20. The maximum atomic E-state index is 13.4. The molecule has 1 saturated heterocycles. The second kappa shape index (κ2) is 7.09. The van der Waals surface area contributed by atoms with Crippen molar-refractivity contribution in [2.24, 2.45) is 5.92 Å². The summed E-state index contributed by atoms with van der Waals surface area (Å²) < 4.78 is 31.6. The Balaban J connectivity index is 1.34. The fraction of sp³-hybridized carbons (Fsp3) is 0.421. The molecule has 2 aromatic rings. The van der Waals surface area contributed by atoms with Crippen LogP contribution in [-0.2, 0) is 4.79 Å². The quantitative estimate of drug-likeness (QED) is 0.821. The van der Waals surface area contributed by atoms with Crippen LogP contribution in [0.3, 0.4) is 0 Å². The Hall–Kier alpha value is -2.77. The fourth-order valence-electron chi connectivity index (χ4n) is 3.56. The lowest BCUT2D eigenvalue weighted by molar-refractivity contribution is -0.133. The number of carbonyl (C=O) groups is 1. The maximum Gasteiger partial charge on any atom is 0.233 e. The second-order valence-electron chi connectivity index (χ2n) is 6.85. The Morgan fingerprint density at radius 1 is 1.15 bits per heavy atom.